The van der Waals surface area contributed by atoms with Gasteiger partial charge in [-0.2, -0.15) is 0 Å². The molecule has 0 bridgehead atoms. The second kappa shape index (κ2) is 4.63. The Labute approximate surface area is 40.3 Å². The molecule has 1 N–H and O–H groups in total. The van der Waals surface area contributed by atoms with Crippen LogP contribution in [0.5, 0.6) is 0 Å². The monoisotopic (exact) mass is 97.0 g/mol. The van der Waals surface area contributed by atoms with Crippen LogP contribution < -0.4 is 5.26 Å². The molecule has 1 heterocycles. The van der Waals surface area contributed by atoms with E-state index in [9.17, 15) is 0 Å². The fraction of sp³-hybridized carbons (Fsp3) is 0. The Morgan fingerprint density at radius 3 is 2.43 bits per heavy atom. The second-order valence-corrected chi connectivity index (χ2v) is 0.588. The standard InChI is InChI=1S/C2H2N2O.CHN/c1-2-5-4-3-1;1-2/h1-2H;2H. The Kier molecular flexibility index (Phi) is 3.72. The van der Waals surface area contributed by atoms with Crippen molar-refractivity contribution in [3.63, 3.8) is 0 Å². The van der Waals surface area contributed by atoms with Crippen molar-refractivity contribution in [1.82, 2.24) is 10.4 Å². The fourth-order valence-electron chi connectivity index (χ4n) is 0.136. The molecule has 1 aromatic rings. The third-order valence-electron chi connectivity index (χ3n) is 0.283. The van der Waals surface area contributed by atoms with Crippen molar-refractivity contribution in [1.29, 1.82) is 0 Å². The minimum atomic E-state index is 1.40. The lowest BCUT2D eigenvalue weighted by Crippen LogP contribution is -2.10. The lowest BCUT2D eigenvalue weighted by atomic mass is 11.0. The van der Waals surface area contributed by atoms with Gasteiger partial charge in [0, 0.05) is 5.27 Å². The molecule has 0 atom stereocenters. The smallest absolute Gasteiger partial charge is 0.144 e. The average Bonchev–Trinajstić information content (AvgIpc) is 2.23. The molecule has 0 aliphatic carbocycles. The molecule has 0 aliphatic heterocycles. The maximum Gasteiger partial charge on any atom is 0.144 e. The van der Waals surface area contributed by atoms with Gasteiger partial charge < -0.3 is 9.78 Å². The third-order valence-corrected chi connectivity index (χ3v) is 0.283. The van der Waals surface area contributed by atoms with E-state index in [4.69, 9.17) is 11.8 Å². The average molecular weight is 97.1 g/mol. The molecule has 36 valence electrons. The van der Waals surface area contributed by atoms with Crippen molar-refractivity contribution < 1.29 is 9.78 Å². The van der Waals surface area contributed by atoms with Crippen LogP contribution in [0.3, 0.4) is 0 Å². The highest BCUT2D eigenvalue weighted by molar-refractivity contribution is 4.48. The van der Waals surface area contributed by atoms with Crippen LogP contribution >= 0.6 is 0 Å². The molecule has 0 spiro atoms. The third kappa shape index (κ3) is 2.43. The van der Waals surface area contributed by atoms with E-state index >= 15 is 0 Å². The highest BCUT2D eigenvalue weighted by Crippen LogP contribution is 1.64. The van der Waals surface area contributed by atoms with Crippen molar-refractivity contribution >= 4 is 0 Å². The van der Waals surface area contributed by atoms with Crippen molar-refractivity contribution in [2.24, 2.45) is 0 Å². The first-order chi connectivity index (χ1) is 3.50. The van der Waals surface area contributed by atoms with Gasteiger partial charge in [0.25, 0.3) is 0 Å². The minimum Gasteiger partial charge on any atom is -0.346 e. The van der Waals surface area contributed by atoms with Crippen LogP contribution in [0.2, 0.25) is 0 Å². The van der Waals surface area contributed by atoms with Gasteiger partial charge >= 0.3 is 0 Å². The number of rotatable bonds is 0. The SMILES string of the molecule is [C-]#[NH+].c1conn1. The quantitative estimate of drug-likeness (QED) is 0.397. The highest BCUT2D eigenvalue weighted by Gasteiger charge is 1.61. The first kappa shape index (κ1) is 5.63. The van der Waals surface area contributed by atoms with Crippen LogP contribution in [0.1, 0.15) is 0 Å². The van der Waals surface area contributed by atoms with Gasteiger partial charge in [-0.15, -0.1) is 5.10 Å². The Bertz CT molecular complexity index is 93.8. The van der Waals surface area contributed by atoms with E-state index in [-0.39, 0.29) is 0 Å². The van der Waals surface area contributed by atoms with Crippen molar-refractivity contribution in [3.05, 3.63) is 19.0 Å². The van der Waals surface area contributed by atoms with E-state index < -0.39 is 0 Å². The molecule has 0 aliphatic rings. The summed E-state index contributed by atoms with van der Waals surface area (Å²) in [5.41, 5.74) is 0. The van der Waals surface area contributed by atoms with Crippen LogP contribution in [0.15, 0.2) is 17.0 Å². The molecule has 1 aromatic heterocycles. The number of aromatic nitrogens is 2. The van der Waals surface area contributed by atoms with Crippen LogP contribution in [-0.2, 0) is 0 Å². The molecular weight excluding hydrogens is 94.1 g/mol. The van der Waals surface area contributed by atoms with Gasteiger partial charge in [0.05, 0.1) is 6.20 Å². The van der Waals surface area contributed by atoms with Crippen LogP contribution in [0.25, 0.3) is 0 Å². The molecule has 0 saturated heterocycles. The van der Waals surface area contributed by atoms with E-state index in [2.05, 4.69) is 14.9 Å². The van der Waals surface area contributed by atoms with Crippen LogP contribution in [0.4, 0.5) is 0 Å². The number of nitrogens with one attached hydrogen (secondary N) is 1. The largest absolute Gasteiger partial charge is 0.346 e. The summed E-state index contributed by atoms with van der Waals surface area (Å²) in [6.45, 7) is 5.00. The summed E-state index contributed by atoms with van der Waals surface area (Å²) >= 11 is 0. The molecule has 0 unspecified atom stereocenters. The van der Waals surface area contributed by atoms with E-state index in [1.54, 1.807) is 0 Å². The first-order valence-electron chi connectivity index (χ1n) is 1.46. The molecule has 4 nitrogen and oxygen atoms in total. The zero-order valence-corrected chi connectivity index (χ0v) is 3.46. The second-order valence-electron chi connectivity index (χ2n) is 0.588. The lowest BCUT2D eigenvalue weighted by molar-refractivity contribution is -0.0997. The summed E-state index contributed by atoms with van der Waals surface area (Å²) in [6.07, 6.45) is 2.88. The van der Waals surface area contributed by atoms with Gasteiger partial charge in [-0.05, 0) is 0 Å². The molecular formula is C3H3N3O. The van der Waals surface area contributed by atoms with E-state index in [1.807, 2.05) is 0 Å². The van der Waals surface area contributed by atoms with Crippen LogP contribution in [0, 0.1) is 6.57 Å². The van der Waals surface area contributed by atoms with Gasteiger partial charge in [-0.3, -0.25) is 0 Å². The first-order valence-corrected chi connectivity index (χ1v) is 1.46. The summed E-state index contributed by atoms with van der Waals surface area (Å²) in [4.78, 5) is 0. The van der Waals surface area contributed by atoms with Gasteiger partial charge in [0.15, 0.2) is 0 Å². The maximum absolute atomic E-state index is 5.00. The summed E-state index contributed by atoms with van der Waals surface area (Å²) in [6, 6.07) is 0. The van der Waals surface area contributed by atoms with Gasteiger partial charge in [0.2, 0.25) is 0 Å². The van der Waals surface area contributed by atoms with E-state index in [1.165, 1.54) is 12.5 Å². The molecule has 0 radical (unpaired) electrons. The molecule has 0 saturated carbocycles. The number of hydrogen-bond acceptors (Lipinski definition) is 3. The molecule has 0 aromatic carbocycles. The Balaban J connectivity index is 0.000000162. The van der Waals surface area contributed by atoms with Crippen molar-refractivity contribution in [3.8, 4) is 0 Å². The van der Waals surface area contributed by atoms with Crippen molar-refractivity contribution in [2.45, 2.75) is 0 Å². The zero-order chi connectivity index (χ0) is 5.54. The van der Waals surface area contributed by atoms with Gasteiger partial charge in [0.1, 0.15) is 6.26 Å². The highest BCUT2D eigenvalue weighted by atomic mass is 16.5. The maximum atomic E-state index is 5.00. The van der Waals surface area contributed by atoms with Gasteiger partial charge in [-0.25, -0.2) is 6.57 Å². The Hall–Kier alpha value is -1.37. The normalized spacial score (nSPS) is 6.00. The molecule has 1 rings (SSSR count). The lowest BCUT2D eigenvalue weighted by Gasteiger charge is -1.45. The minimum absolute atomic E-state index is 1.40. The summed E-state index contributed by atoms with van der Waals surface area (Å²) in [5, 5.41) is 11.4. The van der Waals surface area contributed by atoms with E-state index in [0.717, 1.165) is 0 Å². The molecule has 4 heteroatoms. The Morgan fingerprint density at radius 1 is 1.57 bits per heavy atom. The summed E-state index contributed by atoms with van der Waals surface area (Å²) < 4.78 is 4.22. The summed E-state index contributed by atoms with van der Waals surface area (Å²) in [7, 11) is 0. The van der Waals surface area contributed by atoms with Crippen LogP contribution in [-0.4, -0.2) is 10.4 Å². The summed E-state index contributed by atoms with van der Waals surface area (Å²) in [5.74, 6) is 0. The van der Waals surface area contributed by atoms with Gasteiger partial charge in [-0.1, -0.05) is 0 Å². The number of hydrogen-bond donors (Lipinski definition) is 1. The molecule has 0 fully saturated rings. The topological polar surface area (TPSA) is 62.7 Å². The van der Waals surface area contributed by atoms with E-state index in [0.29, 0.717) is 0 Å². The van der Waals surface area contributed by atoms with Crippen molar-refractivity contribution in [2.75, 3.05) is 0 Å². The predicted molar refractivity (Wildman–Crippen MR) is 18.5 cm³/mol. The molecule has 0 amide bonds. The predicted octanol–water partition coefficient (Wildman–Crippen LogP) is -1.58. The molecule has 7 heavy (non-hydrogen) atoms. The Morgan fingerprint density at radius 2 is 2.29 bits per heavy atom. The zero-order valence-electron chi connectivity index (χ0n) is 3.46. The number of nitrogens with zero attached hydrogens (tertiary/aromatic N) is 2. The fourth-order valence-corrected chi connectivity index (χ4v) is 0.136.